The van der Waals surface area contributed by atoms with Crippen LogP contribution in [0.5, 0.6) is 5.75 Å². The van der Waals surface area contributed by atoms with E-state index in [1.807, 2.05) is 19.9 Å². The topological polar surface area (TPSA) is 46.2 Å². The first-order valence-corrected chi connectivity index (χ1v) is 5.49. The Morgan fingerprint density at radius 2 is 1.87 bits per heavy atom. The highest BCUT2D eigenvalue weighted by Crippen LogP contribution is 2.28. The van der Waals surface area contributed by atoms with Gasteiger partial charge in [-0.15, -0.1) is 0 Å². The van der Waals surface area contributed by atoms with Gasteiger partial charge in [0.2, 0.25) is 0 Å². The molecule has 15 heavy (non-hydrogen) atoms. The summed E-state index contributed by atoms with van der Waals surface area (Å²) in [6.45, 7) is 8.18. The summed E-state index contributed by atoms with van der Waals surface area (Å²) >= 11 is 0. The van der Waals surface area contributed by atoms with Crippen molar-refractivity contribution in [3.63, 3.8) is 0 Å². The highest BCUT2D eigenvalue weighted by atomic mass is 16.3. The Morgan fingerprint density at radius 1 is 1.27 bits per heavy atom. The largest absolute Gasteiger partial charge is 0.508 e. The summed E-state index contributed by atoms with van der Waals surface area (Å²) in [7, 11) is 0. The molecule has 1 aromatic rings. The third kappa shape index (κ3) is 2.96. The molecule has 0 aliphatic carbocycles. The lowest BCUT2D eigenvalue weighted by Gasteiger charge is -2.14. The van der Waals surface area contributed by atoms with E-state index < -0.39 is 0 Å². The van der Waals surface area contributed by atoms with Crippen molar-refractivity contribution in [3.8, 4) is 5.75 Å². The van der Waals surface area contributed by atoms with Crippen LogP contribution in [0.4, 0.5) is 0 Å². The van der Waals surface area contributed by atoms with Crippen LogP contribution in [0, 0.1) is 6.92 Å². The van der Waals surface area contributed by atoms with Crippen LogP contribution in [0.3, 0.4) is 0 Å². The zero-order valence-corrected chi connectivity index (χ0v) is 10.0. The predicted octanol–water partition coefficient (Wildman–Crippen LogP) is 2.71. The molecule has 0 amide bonds. The molecule has 1 unspecified atom stereocenters. The number of hydrogen-bond donors (Lipinski definition) is 2. The molecule has 0 saturated heterocycles. The van der Waals surface area contributed by atoms with Crippen molar-refractivity contribution in [2.75, 3.05) is 0 Å². The molecular weight excluding hydrogens is 186 g/mol. The Kier molecular flexibility index (Phi) is 3.75. The molecule has 3 N–H and O–H groups in total. The van der Waals surface area contributed by atoms with Crippen LogP contribution in [-0.2, 0) is 6.42 Å². The van der Waals surface area contributed by atoms with Gasteiger partial charge in [0, 0.05) is 6.04 Å². The van der Waals surface area contributed by atoms with Gasteiger partial charge in [-0.05, 0) is 48.9 Å². The lowest BCUT2D eigenvalue weighted by atomic mass is 9.94. The first-order chi connectivity index (χ1) is 6.91. The number of nitrogens with two attached hydrogens (primary N) is 1. The van der Waals surface area contributed by atoms with Gasteiger partial charge in [0.1, 0.15) is 5.75 Å². The number of hydrogen-bond acceptors (Lipinski definition) is 2. The summed E-state index contributed by atoms with van der Waals surface area (Å²) in [6.07, 6.45) is 0.867. The molecule has 0 heterocycles. The molecule has 0 fully saturated rings. The molecule has 0 aliphatic rings. The molecule has 1 rings (SSSR count). The Labute approximate surface area is 92.1 Å². The molecule has 0 aromatic heterocycles. The van der Waals surface area contributed by atoms with Crippen molar-refractivity contribution in [3.05, 3.63) is 28.8 Å². The normalized spacial score (nSPS) is 13.2. The molecule has 84 valence electrons. The van der Waals surface area contributed by atoms with E-state index in [0.717, 1.165) is 17.5 Å². The van der Waals surface area contributed by atoms with Gasteiger partial charge < -0.3 is 10.8 Å². The Morgan fingerprint density at radius 3 is 2.33 bits per heavy atom. The van der Waals surface area contributed by atoms with Crippen molar-refractivity contribution in [2.24, 2.45) is 5.73 Å². The van der Waals surface area contributed by atoms with Gasteiger partial charge in [0.25, 0.3) is 0 Å². The SMILES string of the molecule is Cc1cc(O)c(C(C)C)cc1CC(C)N. The maximum Gasteiger partial charge on any atom is 0.119 e. The minimum absolute atomic E-state index is 0.160. The van der Waals surface area contributed by atoms with Gasteiger partial charge in [-0.3, -0.25) is 0 Å². The summed E-state index contributed by atoms with van der Waals surface area (Å²) in [5.74, 6) is 0.744. The second kappa shape index (κ2) is 4.67. The maximum absolute atomic E-state index is 9.79. The van der Waals surface area contributed by atoms with E-state index in [1.165, 1.54) is 5.56 Å². The van der Waals surface area contributed by atoms with E-state index in [4.69, 9.17) is 5.73 Å². The lowest BCUT2D eigenvalue weighted by Crippen LogP contribution is -2.18. The van der Waals surface area contributed by atoms with Gasteiger partial charge in [-0.1, -0.05) is 19.9 Å². The van der Waals surface area contributed by atoms with Crippen LogP contribution >= 0.6 is 0 Å². The van der Waals surface area contributed by atoms with Crippen LogP contribution < -0.4 is 5.73 Å². The predicted molar refractivity (Wildman–Crippen MR) is 64.3 cm³/mol. The molecule has 2 nitrogen and oxygen atoms in total. The fourth-order valence-corrected chi connectivity index (χ4v) is 1.79. The fourth-order valence-electron chi connectivity index (χ4n) is 1.79. The summed E-state index contributed by atoms with van der Waals surface area (Å²) in [4.78, 5) is 0. The van der Waals surface area contributed by atoms with E-state index in [2.05, 4.69) is 19.9 Å². The van der Waals surface area contributed by atoms with Crippen LogP contribution in [0.2, 0.25) is 0 Å². The monoisotopic (exact) mass is 207 g/mol. The van der Waals surface area contributed by atoms with Crippen LogP contribution in [0.15, 0.2) is 12.1 Å². The van der Waals surface area contributed by atoms with Crippen LogP contribution in [0.1, 0.15) is 43.4 Å². The Balaban J connectivity index is 3.11. The van der Waals surface area contributed by atoms with Gasteiger partial charge in [-0.25, -0.2) is 0 Å². The average molecular weight is 207 g/mol. The minimum atomic E-state index is 0.160. The summed E-state index contributed by atoms with van der Waals surface area (Å²) in [6, 6.07) is 4.08. The Bertz CT molecular complexity index is 343. The van der Waals surface area contributed by atoms with Gasteiger partial charge >= 0.3 is 0 Å². The zero-order chi connectivity index (χ0) is 11.6. The van der Waals surface area contributed by atoms with Gasteiger partial charge in [0.05, 0.1) is 0 Å². The molecule has 1 atom stereocenters. The van der Waals surface area contributed by atoms with Crippen LogP contribution in [0.25, 0.3) is 0 Å². The highest BCUT2D eigenvalue weighted by Gasteiger charge is 2.10. The molecule has 0 aliphatic heterocycles. The highest BCUT2D eigenvalue weighted by molar-refractivity contribution is 5.43. The second-order valence-electron chi connectivity index (χ2n) is 4.67. The number of benzene rings is 1. The fraction of sp³-hybridized carbons (Fsp3) is 0.538. The number of aromatic hydroxyl groups is 1. The van der Waals surface area contributed by atoms with Crippen molar-refractivity contribution in [1.29, 1.82) is 0 Å². The quantitative estimate of drug-likeness (QED) is 0.800. The van der Waals surface area contributed by atoms with E-state index in [9.17, 15) is 5.11 Å². The van der Waals surface area contributed by atoms with E-state index in [0.29, 0.717) is 11.7 Å². The average Bonchev–Trinajstić information content (AvgIpc) is 2.08. The first kappa shape index (κ1) is 12.1. The van der Waals surface area contributed by atoms with Crippen molar-refractivity contribution >= 4 is 0 Å². The van der Waals surface area contributed by atoms with Crippen molar-refractivity contribution in [2.45, 2.75) is 46.1 Å². The maximum atomic E-state index is 9.79. The summed E-state index contributed by atoms with van der Waals surface area (Å²) in [5.41, 5.74) is 9.17. The minimum Gasteiger partial charge on any atom is -0.508 e. The molecule has 2 heteroatoms. The molecule has 0 spiro atoms. The zero-order valence-electron chi connectivity index (χ0n) is 10.0. The van der Waals surface area contributed by atoms with E-state index in [1.54, 1.807) is 0 Å². The number of rotatable bonds is 3. The summed E-state index contributed by atoms with van der Waals surface area (Å²) in [5, 5.41) is 9.79. The van der Waals surface area contributed by atoms with Crippen LogP contribution in [-0.4, -0.2) is 11.1 Å². The molecule has 0 bridgehead atoms. The molecule has 0 saturated carbocycles. The van der Waals surface area contributed by atoms with E-state index in [-0.39, 0.29) is 6.04 Å². The first-order valence-electron chi connectivity index (χ1n) is 5.49. The smallest absolute Gasteiger partial charge is 0.119 e. The lowest BCUT2D eigenvalue weighted by molar-refractivity contribution is 0.464. The number of phenols is 1. The van der Waals surface area contributed by atoms with Crippen molar-refractivity contribution < 1.29 is 5.11 Å². The molecule has 0 radical (unpaired) electrons. The third-order valence-corrected chi connectivity index (χ3v) is 2.65. The summed E-state index contributed by atoms with van der Waals surface area (Å²) < 4.78 is 0. The van der Waals surface area contributed by atoms with E-state index >= 15 is 0 Å². The molecular formula is C13H21NO. The Hall–Kier alpha value is -1.02. The standard InChI is InChI=1S/C13H21NO/c1-8(2)12-7-11(6-10(4)14)9(3)5-13(12)15/h5,7-8,10,15H,6,14H2,1-4H3. The van der Waals surface area contributed by atoms with Gasteiger partial charge in [-0.2, -0.15) is 0 Å². The molecule has 1 aromatic carbocycles. The van der Waals surface area contributed by atoms with Crippen molar-refractivity contribution in [1.82, 2.24) is 0 Å². The number of phenolic OH excluding ortho intramolecular Hbond substituents is 1. The second-order valence-corrected chi connectivity index (χ2v) is 4.67. The van der Waals surface area contributed by atoms with Gasteiger partial charge in [0.15, 0.2) is 0 Å². The third-order valence-electron chi connectivity index (χ3n) is 2.65. The number of aryl methyl sites for hydroxylation is 1.